The molecule has 0 bridgehead atoms. The zero-order valence-electron chi connectivity index (χ0n) is 13.5. The van der Waals surface area contributed by atoms with Crippen LogP contribution in [0.4, 0.5) is 10.7 Å². The normalized spacial score (nSPS) is 18.4. The average molecular weight is 376 g/mol. The number of aryl methyl sites for hydroxylation is 1. The molecule has 4 rings (SSSR count). The molecule has 1 aliphatic carbocycles. The van der Waals surface area contributed by atoms with Crippen LogP contribution in [0, 0.1) is 0 Å². The van der Waals surface area contributed by atoms with Crippen molar-refractivity contribution in [2.45, 2.75) is 31.7 Å². The van der Waals surface area contributed by atoms with Gasteiger partial charge in [0.1, 0.15) is 5.00 Å². The van der Waals surface area contributed by atoms with Crippen molar-refractivity contribution in [1.29, 1.82) is 0 Å². The number of halogens is 1. The first-order valence-electron chi connectivity index (χ1n) is 8.37. The van der Waals surface area contributed by atoms with Crippen LogP contribution in [0.15, 0.2) is 24.3 Å². The zero-order chi connectivity index (χ0) is 17.4. The summed E-state index contributed by atoms with van der Waals surface area (Å²) >= 11 is 7.42. The van der Waals surface area contributed by atoms with Gasteiger partial charge in [0, 0.05) is 15.6 Å². The lowest BCUT2D eigenvalue weighted by Gasteiger charge is -2.26. The number of thiophene rings is 1. The van der Waals surface area contributed by atoms with E-state index in [4.69, 9.17) is 11.6 Å². The molecule has 1 aliphatic heterocycles. The molecule has 1 atom stereocenters. The van der Waals surface area contributed by atoms with E-state index in [1.807, 2.05) is 0 Å². The van der Waals surface area contributed by atoms with Gasteiger partial charge in [0.2, 0.25) is 5.91 Å². The van der Waals surface area contributed by atoms with Crippen LogP contribution < -0.4 is 16.0 Å². The fraction of sp³-hybridized carbons (Fsp3) is 0.333. The second-order valence-electron chi connectivity index (χ2n) is 6.31. The number of nitrogens with one attached hydrogen (secondary N) is 3. The molecule has 0 spiro atoms. The predicted octanol–water partition coefficient (Wildman–Crippen LogP) is 3.44. The van der Waals surface area contributed by atoms with Gasteiger partial charge in [-0.05, 0) is 62.1 Å². The van der Waals surface area contributed by atoms with E-state index in [1.165, 1.54) is 16.2 Å². The van der Waals surface area contributed by atoms with Crippen LogP contribution >= 0.6 is 22.9 Å². The van der Waals surface area contributed by atoms with Crippen molar-refractivity contribution in [2.75, 3.05) is 17.2 Å². The second-order valence-corrected chi connectivity index (χ2v) is 7.85. The van der Waals surface area contributed by atoms with Gasteiger partial charge < -0.3 is 16.0 Å². The van der Waals surface area contributed by atoms with Crippen LogP contribution in [-0.2, 0) is 17.6 Å². The molecule has 1 saturated heterocycles. The maximum atomic E-state index is 12.9. The van der Waals surface area contributed by atoms with Crippen molar-refractivity contribution in [1.82, 2.24) is 5.32 Å². The number of amides is 2. The van der Waals surface area contributed by atoms with Crippen molar-refractivity contribution in [2.24, 2.45) is 0 Å². The smallest absolute Gasteiger partial charge is 0.258 e. The molecule has 1 unspecified atom stereocenters. The van der Waals surface area contributed by atoms with Gasteiger partial charge in [-0.25, -0.2) is 0 Å². The largest absolute Gasteiger partial charge is 0.322 e. The quantitative estimate of drug-likeness (QED) is 0.766. The molecule has 1 aromatic carbocycles. The minimum Gasteiger partial charge on any atom is -0.322 e. The number of anilines is 2. The van der Waals surface area contributed by atoms with E-state index in [0.29, 0.717) is 21.3 Å². The molecule has 5 nitrogen and oxygen atoms in total. The minimum absolute atomic E-state index is 0.0632. The van der Waals surface area contributed by atoms with Crippen molar-refractivity contribution in [3.63, 3.8) is 0 Å². The monoisotopic (exact) mass is 375 g/mol. The Morgan fingerprint density at radius 3 is 2.60 bits per heavy atom. The van der Waals surface area contributed by atoms with E-state index in [0.717, 1.165) is 37.8 Å². The van der Waals surface area contributed by atoms with Crippen LogP contribution in [0.5, 0.6) is 0 Å². The van der Waals surface area contributed by atoms with E-state index in [1.54, 1.807) is 24.3 Å². The molecular formula is C18H18ClN3O2S. The average Bonchev–Trinajstić information content (AvgIpc) is 3.08. The summed E-state index contributed by atoms with van der Waals surface area (Å²) in [6.45, 7) is 0.864. The Labute approximate surface area is 154 Å². The summed E-state index contributed by atoms with van der Waals surface area (Å²) in [5.41, 5.74) is 2.37. The summed E-state index contributed by atoms with van der Waals surface area (Å²) in [5, 5.41) is 10.2. The van der Waals surface area contributed by atoms with Gasteiger partial charge in [0.15, 0.2) is 0 Å². The number of carbonyl (C=O) groups excluding carboxylic acids is 2. The first-order valence-corrected chi connectivity index (χ1v) is 9.57. The van der Waals surface area contributed by atoms with Crippen LogP contribution in [0.2, 0.25) is 5.02 Å². The third-order valence-electron chi connectivity index (χ3n) is 4.63. The molecule has 0 radical (unpaired) electrons. The van der Waals surface area contributed by atoms with Crippen LogP contribution in [-0.4, -0.2) is 24.4 Å². The fourth-order valence-corrected chi connectivity index (χ4v) is 4.59. The highest BCUT2D eigenvalue weighted by atomic mass is 35.5. The molecule has 2 aromatic rings. The highest BCUT2D eigenvalue weighted by molar-refractivity contribution is 7.17. The number of hydrogen-bond acceptors (Lipinski definition) is 4. The minimum atomic E-state index is -0.182. The van der Waals surface area contributed by atoms with Gasteiger partial charge >= 0.3 is 0 Å². The zero-order valence-corrected chi connectivity index (χ0v) is 15.1. The Balaban J connectivity index is 1.59. The predicted molar refractivity (Wildman–Crippen MR) is 101 cm³/mol. The van der Waals surface area contributed by atoms with E-state index in [2.05, 4.69) is 16.0 Å². The summed E-state index contributed by atoms with van der Waals surface area (Å²) in [4.78, 5) is 26.4. The summed E-state index contributed by atoms with van der Waals surface area (Å²) in [6.07, 6.45) is 3.75. The summed E-state index contributed by atoms with van der Waals surface area (Å²) in [6, 6.07) is 6.86. The Morgan fingerprint density at radius 2 is 1.92 bits per heavy atom. The third kappa shape index (κ3) is 3.29. The lowest BCUT2D eigenvalue weighted by Crippen LogP contribution is -2.50. The second kappa shape index (κ2) is 6.78. The molecule has 1 aromatic heterocycles. The van der Waals surface area contributed by atoms with E-state index in [-0.39, 0.29) is 17.9 Å². The number of fused-ring (bicyclic) bond motifs is 1. The van der Waals surface area contributed by atoms with Crippen LogP contribution in [0.3, 0.4) is 0 Å². The Morgan fingerprint density at radius 1 is 1.16 bits per heavy atom. The highest BCUT2D eigenvalue weighted by Crippen LogP contribution is 2.39. The lowest BCUT2D eigenvalue weighted by atomic mass is 10.1. The number of hydrogen-bond donors (Lipinski definition) is 3. The summed E-state index contributed by atoms with van der Waals surface area (Å²) < 4.78 is 0. The van der Waals surface area contributed by atoms with Crippen molar-refractivity contribution in [3.8, 4) is 0 Å². The van der Waals surface area contributed by atoms with Crippen molar-refractivity contribution >= 4 is 45.4 Å². The van der Waals surface area contributed by atoms with E-state index in [9.17, 15) is 9.59 Å². The Bertz CT molecular complexity index is 828. The number of carbonyl (C=O) groups is 2. The summed E-state index contributed by atoms with van der Waals surface area (Å²) in [7, 11) is 0. The van der Waals surface area contributed by atoms with Gasteiger partial charge in [-0.3, -0.25) is 9.59 Å². The van der Waals surface area contributed by atoms with Gasteiger partial charge in [-0.1, -0.05) is 11.6 Å². The van der Waals surface area contributed by atoms with Gasteiger partial charge in [0.25, 0.3) is 5.91 Å². The fourth-order valence-electron chi connectivity index (χ4n) is 3.17. The molecule has 0 saturated carbocycles. The van der Waals surface area contributed by atoms with Crippen molar-refractivity contribution in [3.05, 3.63) is 45.3 Å². The Kier molecular flexibility index (Phi) is 4.50. The first kappa shape index (κ1) is 16.6. The molecule has 2 heterocycles. The number of benzene rings is 1. The third-order valence-corrected chi connectivity index (χ3v) is 6.09. The highest BCUT2D eigenvalue weighted by Gasteiger charge is 2.30. The molecule has 3 N–H and O–H groups in total. The maximum Gasteiger partial charge on any atom is 0.258 e. The van der Waals surface area contributed by atoms with Gasteiger partial charge in [-0.15, -0.1) is 11.3 Å². The van der Waals surface area contributed by atoms with E-state index >= 15 is 0 Å². The van der Waals surface area contributed by atoms with Crippen molar-refractivity contribution < 1.29 is 9.59 Å². The van der Waals surface area contributed by atoms with Crippen LogP contribution in [0.1, 0.15) is 33.6 Å². The standard InChI is InChI=1S/C18H18ClN3O2S/c19-10-4-6-11(7-5-10)21-17(24)15-12-2-1-3-14(12)25-18(15)22-16(23)13-8-9-20-13/h4-7,13,20H,1-3,8-9H2,(H,21,24)(H,22,23). The number of rotatable bonds is 4. The summed E-state index contributed by atoms with van der Waals surface area (Å²) in [5.74, 6) is -0.245. The maximum absolute atomic E-state index is 12.9. The molecule has 7 heteroatoms. The molecular weight excluding hydrogens is 358 g/mol. The SMILES string of the molecule is O=C(Nc1ccc(Cl)cc1)c1c(NC(=O)C2CCN2)sc2c1CCC2. The van der Waals surface area contributed by atoms with Crippen LogP contribution in [0.25, 0.3) is 0 Å². The lowest BCUT2D eigenvalue weighted by molar-refractivity contribution is -0.119. The molecule has 2 aliphatic rings. The molecule has 1 fully saturated rings. The van der Waals surface area contributed by atoms with Gasteiger partial charge in [0.05, 0.1) is 11.6 Å². The molecule has 130 valence electrons. The van der Waals surface area contributed by atoms with Gasteiger partial charge in [-0.2, -0.15) is 0 Å². The van der Waals surface area contributed by atoms with E-state index < -0.39 is 0 Å². The first-order chi connectivity index (χ1) is 12.1. The molecule has 25 heavy (non-hydrogen) atoms. The molecule has 2 amide bonds. The Hall–Kier alpha value is -1.89. The topological polar surface area (TPSA) is 70.2 Å².